The van der Waals surface area contributed by atoms with Crippen molar-refractivity contribution in [3.63, 3.8) is 0 Å². The van der Waals surface area contributed by atoms with Gasteiger partial charge in [0.2, 0.25) is 0 Å². The lowest BCUT2D eigenvalue weighted by molar-refractivity contribution is 0.0735. The number of fused-ring (bicyclic) bond motifs is 1. The van der Waals surface area contributed by atoms with Crippen LogP contribution in [0, 0.1) is 6.92 Å². The molecular formula is C32H34O3. The number of carbonyl (C=O) groups is 1. The standard InChI is InChI=1S/C32H34O3/c1-7-32(6,27-14-18-29(19-15-27)35-31(3,4)5)26-12-16-28(17-13-26)34-30(33)25-11-10-23-20-22(2)8-9-24(23)21-25/h8-21H,7H2,1-6H3. The summed E-state index contributed by atoms with van der Waals surface area (Å²) in [6.07, 6.45) is 0.933. The van der Waals surface area contributed by atoms with Crippen LogP contribution in [0.1, 0.15) is 68.1 Å². The molecule has 3 nitrogen and oxygen atoms in total. The normalized spacial score (nSPS) is 13.3. The molecule has 0 fully saturated rings. The van der Waals surface area contributed by atoms with Gasteiger partial charge in [0.1, 0.15) is 17.1 Å². The van der Waals surface area contributed by atoms with Gasteiger partial charge < -0.3 is 9.47 Å². The van der Waals surface area contributed by atoms with Crippen LogP contribution in [0.4, 0.5) is 0 Å². The molecule has 0 aliphatic carbocycles. The molecule has 180 valence electrons. The number of hydrogen-bond acceptors (Lipinski definition) is 3. The maximum absolute atomic E-state index is 12.8. The van der Waals surface area contributed by atoms with Gasteiger partial charge in [0, 0.05) is 5.41 Å². The fourth-order valence-electron chi connectivity index (χ4n) is 4.37. The highest BCUT2D eigenvalue weighted by molar-refractivity contribution is 5.96. The Balaban J connectivity index is 1.51. The summed E-state index contributed by atoms with van der Waals surface area (Å²) in [7, 11) is 0. The lowest BCUT2D eigenvalue weighted by Gasteiger charge is -2.30. The third-order valence-corrected chi connectivity index (χ3v) is 6.56. The number of hydrogen-bond donors (Lipinski definition) is 0. The molecule has 4 aromatic carbocycles. The molecule has 0 N–H and O–H groups in total. The molecule has 1 unspecified atom stereocenters. The van der Waals surface area contributed by atoms with Gasteiger partial charge in [0.15, 0.2) is 0 Å². The molecule has 0 saturated heterocycles. The summed E-state index contributed by atoms with van der Waals surface area (Å²) in [6.45, 7) is 12.6. The molecule has 0 aliphatic rings. The Kier molecular flexibility index (Phi) is 6.71. The third kappa shape index (κ3) is 5.57. The summed E-state index contributed by atoms with van der Waals surface area (Å²) in [5.74, 6) is 1.05. The van der Waals surface area contributed by atoms with E-state index in [2.05, 4.69) is 51.1 Å². The second-order valence-corrected chi connectivity index (χ2v) is 10.4. The zero-order valence-corrected chi connectivity index (χ0v) is 21.5. The van der Waals surface area contributed by atoms with E-state index in [-0.39, 0.29) is 17.0 Å². The highest BCUT2D eigenvalue weighted by Crippen LogP contribution is 2.37. The van der Waals surface area contributed by atoms with Gasteiger partial charge in [0.25, 0.3) is 0 Å². The van der Waals surface area contributed by atoms with Gasteiger partial charge in [0.05, 0.1) is 5.56 Å². The van der Waals surface area contributed by atoms with E-state index in [1.165, 1.54) is 16.7 Å². The maximum Gasteiger partial charge on any atom is 0.343 e. The monoisotopic (exact) mass is 466 g/mol. The highest BCUT2D eigenvalue weighted by atomic mass is 16.5. The van der Waals surface area contributed by atoms with Gasteiger partial charge in [-0.3, -0.25) is 0 Å². The van der Waals surface area contributed by atoms with E-state index in [1.807, 2.05) is 75.4 Å². The Morgan fingerprint density at radius 1 is 0.714 bits per heavy atom. The summed E-state index contributed by atoms with van der Waals surface area (Å²) < 4.78 is 11.7. The molecule has 35 heavy (non-hydrogen) atoms. The van der Waals surface area contributed by atoms with Crippen LogP contribution in [0.5, 0.6) is 11.5 Å². The molecule has 0 radical (unpaired) electrons. The van der Waals surface area contributed by atoms with Crippen LogP contribution in [-0.4, -0.2) is 11.6 Å². The van der Waals surface area contributed by atoms with Crippen molar-refractivity contribution in [1.29, 1.82) is 0 Å². The largest absolute Gasteiger partial charge is 0.488 e. The molecule has 0 aromatic heterocycles. The van der Waals surface area contributed by atoms with Crippen LogP contribution < -0.4 is 9.47 Å². The smallest absolute Gasteiger partial charge is 0.343 e. The molecule has 3 heteroatoms. The molecule has 0 bridgehead atoms. The summed E-state index contributed by atoms with van der Waals surface area (Å²) in [4.78, 5) is 12.8. The van der Waals surface area contributed by atoms with E-state index in [0.29, 0.717) is 11.3 Å². The van der Waals surface area contributed by atoms with E-state index in [9.17, 15) is 4.79 Å². The lowest BCUT2D eigenvalue weighted by atomic mass is 9.74. The third-order valence-electron chi connectivity index (χ3n) is 6.56. The molecule has 0 saturated carbocycles. The fourth-order valence-corrected chi connectivity index (χ4v) is 4.37. The second kappa shape index (κ2) is 9.58. The SMILES string of the molecule is CCC(C)(c1ccc(OC(=O)c2ccc3cc(C)ccc3c2)cc1)c1ccc(OC(C)(C)C)cc1. The topological polar surface area (TPSA) is 35.5 Å². The molecule has 0 aliphatic heterocycles. The maximum atomic E-state index is 12.8. The van der Waals surface area contributed by atoms with Crippen LogP contribution in [0.25, 0.3) is 10.8 Å². The second-order valence-electron chi connectivity index (χ2n) is 10.4. The Morgan fingerprint density at radius 3 is 1.83 bits per heavy atom. The van der Waals surface area contributed by atoms with Crippen molar-refractivity contribution >= 4 is 16.7 Å². The Bertz CT molecular complexity index is 1330. The van der Waals surface area contributed by atoms with E-state index in [4.69, 9.17) is 9.47 Å². The number of carbonyl (C=O) groups excluding carboxylic acids is 1. The molecule has 0 amide bonds. The van der Waals surface area contributed by atoms with E-state index in [1.54, 1.807) is 0 Å². The highest BCUT2D eigenvalue weighted by Gasteiger charge is 2.27. The number of aryl methyl sites for hydroxylation is 1. The average Bonchev–Trinajstić information content (AvgIpc) is 2.83. The van der Waals surface area contributed by atoms with E-state index < -0.39 is 0 Å². The number of rotatable bonds is 6. The quantitative estimate of drug-likeness (QED) is 0.212. The first kappa shape index (κ1) is 24.5. The molecule has 4 aromatic rings. The Morgan fingerprint density at radius 2 is 1.26 bits per heavy atom. The zero-order valence-electron chi connectivity index (χ0n) is 21.5. The lowest BCUT2D eigenvalue weighted by Crippen LogP contribution is -2.24. The number of benzene rings is 4. The first-order valence-corrected chi connectivity index (χ1v) is 12.2. The molecule has 0 heterocycles. The molecule has 4 rings (SSSR count). The predicted molar refractivity (Wildman–Crippen MR) is 144 cm³/mol. The van der Waals surface area contributed by atoms with Crippen LogP contribution in [0.3, 0.4) is 0 Å². The average molecular weight is 467 g/mol. The molecule has 0 spiro atoms. The van der Waals surface area contributed by atoms with Crippen molar-refractivity contribution < 1.29 is 14.3 Å². The van der Waals surface area contributed by atoms with Gasteiger partial charge in [-0.05, 0) is 92.4 Å². The first-order valence-electron chi connectivity index (χ1n) is 12.2. The Labute approximate surface area is 208 Å². The van der Waals surface area contributed by atoms with Crippen LogP contribution in [0.2, 0.25) is 0 Å². The minimum atomic E-state index is -0.354. The molecule has 1 atom stereocenters. The predicted octanol–water partition coefficient (Wildman–Crippen LogP) is 8.26. The van der Waals surface area contributed by atoms with Crippen molar-refractivity contribution in [3.05, 3.63) is 107 Å². The van der Waals surface area contributed by atoms with Gasteiger partial charge in [-0.25, -0.2) is 4.79 Å². The van der Waals surface area contributed by atoms with Crippen molar-refractivity contribution in [2.24, 2.45) is 0 Å². The minimum absolute atomic E-state index is 0.167. The molecular weight excluding hydrogens is 432 g/mol. The fraction of sp³-hybridized carbons (Fsp3) is 0.281. The van der Waals surface area contributed by atoms with Gasteiger partial charge in [-0.15, -0.1) is 0 Å². The van der Waals surface area contributed by atoms with Gasteiger partial charge in [-0.1, -0.05) is 67.9 Å². The van der Waals surface area contributed by atoms with Crippen molar-refractivity contribution in [2.75, 3.05) is 0 Å². The van der Waals surface area contributed by atoms with Crippen molar-refractivity contribution in [2.45, 2.75) is 59.0 Å². The van der Waals surface area contributed by atoms with Crippen molar-refractivity contribution in [3.8, 4) is 11.5 Å². The van der Waals surface area contributed by atoms with Crippen molar-refractivity contribution in [1.82, 2.24) is 0 Å². The minimum Gasteiger partial charge on any atom is -0.488 e. The Hall–Kier alpha value is -3.59. The summed E-state index contributed by atoms with van der Waals surface area (Å²) in [5.41, 5.74) is 3.74. The van der Waals surface area contributed by atoms with Gasteiger partial charge >= 0.3 is 5.97 Å². The summed E-state index contributed by atoms with van der Waals surface area (Å²) in [6, 6.07) is 28.1. The van der Waals surface area contributed by atoms with Gasteiger partial charge in [-0.2, -0.15) is 0 Å². The number of esters is 1. The first-order chi connectivity index (χ1) is 16.6. The van der Waals surface area contributed by atoms with E-state index in [0.717, 1.165) is 22.9 Å². The summed E-state index contributed by atoms with van der Waals surface area (Å²) >= 11 is 0. The number of ether oxygens (including phenoxy) is 2. The van der Waals surface area contributed by atoms with Crippen LogP contribution >= 0.6 is 0 Å². The zero-order chi connectivity index (χ0) is 25.2. The summed E-state index contributed by atoms with van der Waals surface area (Å²) in [5, 5.41) is 2.14. The van der Waals surface area contributed by atoms with E-state index >= 15 is 0 Å². The van der Waals surface area contributed by atoms with Crippen LogP contribution in [0.15, 0.2) is 84.9 Å². The van der Waals surface area contributed by atoms with Crippen LogP contribution in [-0.2, 0) is 5.41 Å².